The number of sulfonamides is 1. The molecular weight excluding hydrogens is 238 g/mol. The molecule has 0 bridgehead atoms. The molecule has 94 valence electrons. The average Bonchev–Trinajstić information content (AvgIpc) is 3.12. The summed E-state index contributed by atoms with van der Waals surface area (Å²) in [5.74, 6) is 0.532. The summed E-state index contributed by atoms with van der Waals surface area (Å²) in [4.78, 5) is 4.13. The van der Waals surface area contributed by atoms with Crippen LogP contribution in [0.4, 0.5) is 5.69 Å². The molecule has 0 aliphatic heterocycles. The van der Waals surface area contributed by atoms with Crippen LogP contribution in [0.3, 0.4) is 0 Å². The molecule has 1 N–H and O–H groups in total. The van der Waals surface area contributed by atoms with E-state index in [1.54, 1.807) is 26.4 Å². The molecule has 1 saturated carbocycles. The maximum Gasteiger partial charge on any atom is 0.246 e. The van der Waals surface area contributed by atoms with Gasteiger partial charge in [0.15, 0.2) is 0 Å². The van der Waals surface area contributed by atoms with Crippen LogP contribution in [0.5, 0.6) is 0 Å². The van der Waals surface area contributed by atoms with Crippen LogP contribution in [-0.2, 0) is 10.0 Å². The van der Waals surface area contributed by atoms with Gasteiger partial charge in [0.05, 0.1) is 5.69 Å². The van der Waals surface area contributed by atoms with Crippen LogP contribution >= 0.6 is 0 Å². The topological polar surface area (TPSA) is 62.3 Å². The van der Waals surface area contributed by atoms with E-state index in [0.717, 1.165) is 12.8 Å². The first-order valence-corrected chi connectivity index (χ1v) is 7.08. The molecule has 1 aromatic rings. The number of aromatic nitrogens is 1. The Morgan fingerprint density at radius 1 is 1.53 bits per heavy atom. The van der Waals surface area contributed by atoms with Crippen LogP contribution in [0.2, 0.25) is 0 Å². The molecule has 0 spiro atoms. The zero-order valence-corrected chi connectivity index (χ0v) is 10.9. The monoisotopic (exact) mass is 255 g/mol. The zero-order valence-electron chi connectivity index (χ0n) is 10.0. The Morgan fingerprint density at radius 2 is 2.24 bits per heavy atom. The minimum absolute atomic E-state index is 0.241. The van der Waals surface area contributed by atoms with Gasteiger partial charge in [0.25, 0.3) is 0 Å². The molecule has 1 heterocycles. The van der Waals surface area contributed by atoms with Crippen LogP contribution in [0.25, 0.3) is 0 Å². The summed E-state index contributed by atoms with van der Waals surface area (Å²) in [7, 11) is -0.0998. The third-order valence-electron chi connectivity index (χ3n) is 2.95. The highest BCUT2D eigenvalue weighted by Gasteiger charge is 2.30. The Morgan fingerprint density at radius 3 is 2.82 bits per heavy atom. The lowest BCUT2D eigenvalue weighted by atomic mass is 10.4. The molecule has 5 nitrogen and oxygen atoms in total. The first-order chi connectivity index (χ1) is 8.05. The van der Waals surface area contributed by atoms with E-state index in [1.807, 2.05) is 0 Å². The fourth-order valence-corrected chi connectivity index (χ4v) is 3.11. The molecule has 1 aliphatic rings. The molecule has 1 fully saturated rings. The van der Waals surface area contributed by atoms with Crippen LogP contribution in [0.1, 0.15) is 12.8 Å². The van der Waals surface area contributed by atoms with E-state index in [1.165, 1.54) is 10.5 Å². The van der Waals surface area contributed by atoms with Crippen LogP contribution < -0.4 is 5.32 Å². The van der Waals surface area contributed by atoms with Gasteiger partial charge in [-0.15, -0.1) is 0 Å². The minimum atomic E-state index is -3.43. The van der Waals surface area contributed by atoms with Crippen molar-refractivity contribution in [1.82, 2.24) is 9.29 Å². The second kappa shape index (κ2) is 4.62. The first-order valence-electron chi connectivity index (χ1n) is 5.64. The smallest absolute Gasteiger partial charge is 0.246 e. The lowest BCUT2D eigenvalue weighted by molar-refractivity contribution is 0.453. The maximum atomic E-state index is 12.3. The van der Waals surface area contributed by atoms with Gasteiger partial charge in [-0.3, -0.25) is 4.98 Å². The summed E-state index contributed by atoms with van der Waals surface area (Å²) in [6.45, 7) is 0.598. The largest absolute Gasteiger partial charge is 0.387 e. The average molecular weight is 255 g/mol. The molecule has 0 radical (unpaired) electrons. The number of hydrogen-bond donors (Lipinski definition) is 1. The minimum Gasteiger partial charge on any atom is -0.387 e. The first kappa shape index (κ1) is 12.3. The van der Waals surface area contributed by atoms with Crippen molar-refractivity contribution in [3.05, 3.63) is 18.5 Å². The highest BCUT2D eigenvalue weighted by molar-refractivity contribution is 7.89. The fourth-order valence-electron chi connectivity index (χ4n) is 1.72. The summed E-state index contributed by atoms with van der Waals surface area (Å²) in [5, 5.41) is 2.88. The van der Waals surface area contributed by atoms with Gasteiger partial charge < -0.3 is 5.32 Å². The van der Waals surface area contributed by atoms with Crippen LogP contribution in [0, 0.1) is 5.92 Å². The van der Waals surface area contributed by atoms with E-state index < -0.39 is 10.0 Å². The lowest BCUT2D eigenvalue weighted by Gasteiger charge is -2.18. The lowest BCUT2D eigenvalue weighted by Crippen LogP contribution is -2.29. The summed E-state index contributed by atoms with van der Waals surface area (Å²) in [6.07, 6.45) is 5.23. The van der Waals surface area contributed by atoms with Crippen LogP contribution in [0.15, 0.2) is 23.4 Å². The van der Waals surface area contributed by atoms with Crippen molar-refractivity contribution in [3.8, 4) is 0 Å². The number of pyridine rings is 1. The third kappa shape index (κ3) is 2.58. The molecule has 0 atom stereocenters. The van der Waals surface area contributed by atoms with Gasteiger partial charge >= 0.3 is 0 Å². The van der Waals surface area contributed by atoms with Crippen molar-refractivity contribution in [1.29, 1.82) is 0 Å². The van der Waals surface area contributed by atoms with Gasteiger partial charge in [-0.25, -0.2) is 12.7 Å². The molecule has 1 aliphatic carbocycles. The summed E-state index contributed by atoms with van der Waals surface area (Å²) >= 11 is 0. The highest BCUT2D eigenvalue weighted by Crippen LogP contribution is 2.31. The standard InChI is InChI=1S/C11H17N3O2S/c1-12-10-5-6-13-7-11(10)17(15,16)14(2)8-9-3-4-9/h5-7,9H,3-4,8H2,1-2H3,(H,12,13). The summed E-state index contributed by atoms with van der Waals surface area (Å²) < 4.78 is 26.1. The molecule has 6 heteroatoms. The molecule has 0 unspecified atom stereocenters. The number of rotatable bonds is 5. The van der Waals surface area contributed by atoms with E-state index in [-0.39, 0.29) is 4.90 Å². The molecule has 0 aromatic carbocycles. The predicted molar refractivity (Wildman–Crippen MR) is 66.3 cm³/mol. The number of anilines is 1. The zero-order chi connectivity index (χ0) is 12.5. The Bertz CT molecular complexity index is 497. The SMILES string of the molecule is CNc1ccncc1S(=O)(=O)N(C)CC1CC1. The number of nitrogens with one attached hydrogen (secondary N) is 1. The molecule has 0 saturated heterocycles. The second-order valence-corrected chi connectivity index (χ2v) is 6.36. The number of hydrogen-bond acceptors (Lipinski definition) is 4. The highest BCUT2D eigenvalue weighted by atomic mass is 32.2. The molecular formula is C11H17N3O2S. The Balaban J connectivity index is 2.29. The van der Waals surface area contributed by atoms with Gasteiger partial charge in [0.2, 0.25) is 10.0 Å². The molecule has 0 amide bonds. The van der Waals surface area contributed by atoms with Crippen molar-refractivity contribution >= 4 is 15.7 Å². The fraction of sp³-hybridized carbons (Fsp3) is 0.545. The van der Waals surface area contributed by atoms with Crippen molar-refractivity contribution in [2.45, 2.75) is 17.7 Å². The maximum absolute atomic E-state index is 12.3. The van der Waals surface area contributed by atoms with Gasteiger partial charge in [0.1, 0.15) is 4.90 Å². The number of nitrogens with zero attached hydrogens (tertiary/aromatic N) is 2. The van der Waals surface area contributed by atoms with E-state index in [2.05, 4.69) is 10.3 Å². The van der Waals surface area contributed by atoms with E-state index in [0.29, 0.717) is 18.2 Å². The van der Waals surface area contributed by atoms with Crippen molar-refractivity contribution < 1.29 is 8.42 Å². The summed E-state index contributed by atoms with van der Waals surface area (Å²) in [6, 6.07) is 1.66. The van der Waals surface area contributed by atoms with Crippen molar-refractivity contribution in [3.63, 3.8) is 0 Å². The molecule has 1 aromatic heterocycles. The van der Waals surface area contributed by atoms with Gasteiger partial charge in [0, 0.05) is 33.0 Å². The quantitative estimate of drug-likeness (QED) is 0.857. The third-order valence-corrected chi connectivity index (χ3v) is 4.81. The predicted octanol–water partition coefficient (Wildman–Crippen LogP) is 1.15. The van der Waals surface area contributed by atoms with E-state index >= 15 is 0 Å². The second-order valence-electron chi connectivity index (χ2n) is 4.35. The van der Waals surface area contributed by atoms with Crippen molar-refractivity contribution in [2.75, 3.05) is 26.0 Å². The molecule has 2 rings (SSSR count). The van der Waals surface area contributed by atoms with Gasteiger partial charge in [-0.2, -0.15) is 0 Å². The van der Waals surface area contributed by atoms with Gasteiger partial charge in [-0.05, 0) is 24.8 Å². The van der Waals surface area contributed by atoms with E-state index in [4.69, 9.17) is 0 Å². The van der Waals surface area contributed by atoms with E-state index in [9.17, 15) is 8.42 Å². The van der Waals surface area contributed by atoms with Crippen molar-refractivity contribution in [2.24, 2.45) is 5.92 Å². The van der Waals surface area contributed by atoms with Crippen LogP contribution in [-0.4, -0.2) is 38.3 Å². The summed E-state index contributed by atoms with van der Waals surface area (Å²) in [5.41, 5.74) is 0.586. The molecule has 17 heavy (non-hydrogen) atoms. The Hall–Kier alpha value is -1.14. The van der Waals surface area contributed by atoms with Gasteiger partial charge in [-0.1, -0.05) is 0 Å². The Kier molecular flexibility index (Phi) is 3.35. The normalized spacial score (nSPS) is 16.2. The Labute approximate surface area is 102 Å².